The topological polar surface area (TPSA) is 29.5 Å². The van der Waals surface area contributed by atoms with Gasteiger partial charge < -0.3 is 9.64 Å². The molecule has 2 unspecified atom stereocenters. The maximum atomic E-state index is 13.1. The third-order valence-corrected chi connectivity index (χ3v) is 6.90. The van der Waals surface area contributed by atoms with Crippen LogP contribution in [0.2, 0.25) is 0 Å². The van der Waals surface area contributed by atoms with Gasteiger partial charge in [-0.3, -0.25) is 4.79 Å². The normalized spacial score (nSPS) is 24.9. The summed E-state index contributed by atoms with van der Waals surface area (Å²) in [5, 5.41) is 0. The van der Waals surface area contributed by atoms with E-state index in [-0.39, 0.29) is 29.8 Å². The highest BCUT2D eigenvalue weighted by molar-refractivity contribution is 5.72. The van der Waals surface area contributed by atoms with Crippen LogP contribution in [0.25, 0.3) is 0 Å². The number of esters is 1. The van der Waals surface area contributed by atoms with Gasteiger partial charge in [0.05, 0.1) is 18.1 Å². The molecule has 1 saturated heterocycles. The van der Waals surface area contributed by atoms with Gasteiger partial charge in [-0.15, -0.1) is 0 Å². The van der Waals surface area contributed by atoms with E-state index in [2.05, 4.69) is 43.0 Å². The second kappa shape index (κ2) is 10.1. The molecular formula is C26H34F3NO2. The standard InChI is InChI=1S/C26H34F3NO2/c1-5-32-25(31)18(4)21-14-15-30(23-12-8-19(9-13-23)17(2)3)24(16-21)20-6-10-22(11-7-20)26(27,28)29/h6,8-13,17-18,20-21,24H,5,7,14-16H2,1-4H3/t18?,20?,21-,24+/m0/s1. The predicted octanol–water partition coefficient (Wildman–Crippen LogP) is 6.66. The summed E-state index contributed by atoms with van der Waals surface area (Å²) in [6.45, 7) is 9.12. The summed E-state index contributed by atoms with van der Waals surface area (Å²) >= 11 is 0. The first-order valence-electron chi connectivity index (χ1n) is 11.6. The molecule has 1 fully saturated rings. The molecule has 3 rings (SSSR count). The molecule has 176 valence electrons. The fourth-order valence-corrected chi connectivity index (χ4v) is 4.86. The molecule has 2 aliphatic rings. The highest BCUT2D eigenvalue weighted by Crippen LogP contribution is 2.40. The highest BCUT2D eigenvalue weighted by atomic mass is 19.4. The van der Waals surface area contributed by atoms with Crippen molar-refractivity contribution in [3.63, 3.8) is 0 Å². The molecule has 0 spiro atoms. The van der Waals surface area contributed by atoms with E-state index in [1.54, 1.807) is 13.0 Å². The Morgan fingerprint density at radius 1 is 1.19 bits per heavy atom. The average Bonchev–Trinajstić information content (AvgIpc) is 2.78. The lowest BCUT2D eigenvalue weighted by atomic mass is 9.76. The van der Waals surface area contributed by atoms with E-state index in [0.29, 0.717) is 18.9 Å². The summed E-state index contributed by atoms with van der Waals surface area (Å²) in [6.07, 6.45) is 1.85. The molecule has 0 amide bonds. The molecule has 0 saturated carbocycles. The van der Waals surface area contributed by atoms with Gasteiger partial charge in [-0.1, -0.05) is 51.1 Å². The fourth-order valence-electron chi connectivity index (χ4n) is 4.86. The van der Waals surface area contributed by atoms with Crippen LogP contribution in [0.4, 0.5) is 18.9 Å². The summed E-state index contributed by atoms with van der Waals surface area (Å²) in [4.78, 5) is 14.7. The van der Waals surface area contributed by atoms with E-state index in [9.17, 15) is 18.0 Å². The van der Waals surface area contributed by atoms with Gasteiger partial charge in [0.25, 0.3) is 0 Å². The molecule has 1 aliphatic carbocycles. The second-order valence-corrected chi connectivity index (χ2v) is 9.25. The lowest BCUT2D eigenvalue weighted by Crippen LogP contribution is -2.48. The van der Waals surface area contributed by atoms with Crippen molar-refractivity contribution in [3.8, 4) is 0 Å². The molecule has 32 heavy (non-hydrogen) atoms. The van der Waals surface area contributed by atoms with Crippen molar-refractivity contribution in [1.29, 1.82) is 0 Å². The smallest absolute Gasteiger partial charge is 0.416 e. The number of hydrogen-bond donors (Lipinski definition) is 0. The lowest BCUT2D eigenvalue weighted by molar-refractivity contribution is -0.149. The van der Waals surface area contributed by atoms with Gasteiger partial charge in [0.1, 0.15) is 0 Å². The van der Waals surface area contributed by atoms with Crippen LogP contribution in [0.15, 0.2) is 48.1 Å². The maximum absolute atomic E-state index is 13.1. The number of anilines is 1. The van der Waals surface area contributed by atoms with Crippen LogP contribution in [0.1, 0.15) is 58.4 Å². The van der Waals surface area contributed by atoms with Gasteiger partial charge in [0.15, 0.2) is 0 Å². The molecule has 1 heterocycles. The number of alkyl halides is 3. The van der Waals surface area contributed by atoms with Crippen molar-refractivity contribution < 1.29 is 22.7 Å². The number of carbonyl (C=O) groups excluding carboxylic acids is 1. The van der Waals surface area contributed by atoms with Crippen molar-refractivity contribution >= 4 is 11.7 Å². The van der Waals surface area contributed by atoms with Gasteiger partial charge in [-0.05, 0) is 55.7 Å². The summed E-state index contributed by atoms with van der Waals surface area (Å²) in [7, 11) is 0. The van der Waals surface area contributed by atoms with Crippen molar-refractivity contribution in [3.05, 3.63) is 53.6 Å². The second-order valence-electron chi connectivity index (χ2n) is 9.25. The Morgan fingerprint density at radius 2 is 1.88 bits per heavy atom. The van der Waals surface area contributed by atoms with Crippen molar-refractivity contribution in [2.24, 2.45) is 17.8 Å². The molecule has 4 atom stereocenters. The highest BCUT2D eigenvalue weighted by Gasteiger charge is 2.39. The summed E-state index contributed by atoms with van der Waals surface area (Å²) in [5.74, 6) is 0.124. The Bertz CT molecular complexity index is 842. The van der Waals surface area contributed by atoms with Gasteiger partial charge in [-0.25, -0.2) is 0 Å². The Hall–Kier alpha value is -2.24. The number of piperidine rings is 1. The molecule has 0 bridgehead atoms. The largest absolute Gasteiger partial charge is 0.466 e. The van der Waals surface area contributed by atoms with Crippen LogP contribution in [-0.2, 0) is 9.53 Å². The zero-order valence-electron chi connectivity index (χ0n) is 19.4. The molecule has 1 aromatic carbocycles. The summed E-state index contributed by atoms with van der Waals surface area (Å²) in [6, 6.07) is 8.51. The van der Waals surface area contributed by atoms with Crippen LogP contribution in [-0.4, -0.2) is 31.3 Å². The third-order valence-electron chi connectivity index (χ3n) is 6.90. The summed E-state index contributed by atoms with van der Waals surface area (Å²) < 4.78 is 44.5. The molecule has 6 heteroatoms. The quantitative estimate of drug-likeness (QED) is 0.455. The van der Waals surface area contributed by atoms with Crippen molar-refractivity contribution in [2.75, 3.05) is 18.1 Å². The first-order valence-corrected chi connectivity index (χ1v) is 11.6. The zero-order valence-corrected chi connectivity index (χ0v) is 19.4. The Morgan fingerprint density at radius 3 is 2.41 bits per heavy atom. The predicted molar refractivity (Wildman–Crippen MR) is 122 cm³/mol. The first kappa shape index (κ1) is 24.4. The zero-order chi connectivity index (χ0) is 23.5. The van der Waals surface area contributed by atoms with Crippen LogP contribution >= 0.6 is 0 Å². The number of allylic oxidation sites excluding steroid dienone is 3. The van der Waals surface area contributed by atoms with E-state index in [1.807, 2.05) is 6.92 Å². The number of halogens is 3. The number of nitrogens with zero attached hydrogens (tertiary/aromatic N) is 1. The molecule has 1 aliphatic heterocycles. The van der Waals surface area contributed by atoms with E-state index >= 15 is 0 Å². The van der Waals surface area contributed by atoms with Crippen LogP contribution < -0.4 is 4.90 Å². The van der Waals surface area contributed by atoms with Gasteiger partial charge >= 0.3 is 12.1 Å². The Balaban J connectivity index is 1.84. The number of rotatable bonds is 6. The van der Waals surface area contributed by atoms with Gasteiger partial charge in [0.2, 0.25) is 0 Å². The number of ether oxygens (including phenoxy) is 1. The van der Waals surface area contributed by atoms with E-state index in [4.69, 9.17) is 4.74 Å². The van der Waals surface area contributed by atoms with Crippen LogP contribution in [0, 0.1) is 17.8 Å². The molecule has 0 radical (unpaired) electrons. The number of benzene rings is 1. The van der Waals surface area contributed by atoms with E-state index < -0.39 is 11.7 Å². The van der Waals surface area contributed by atoms with Crippen LogP contribution in [0.3, 0.4) is 0 Å². The SMILES string of the molecule is CCOC(=O)C(C)[C@H]1CCN(c2ccc(C(C)C)cc2)[C@@H](C2C=CC(C(F)(F)F)=CC2)C1. The van der Waals surface area contributed by atoms with Gasteiger partial charge in [-0.2, -0.15) is 13.2 Å². The fraction of sp³-hybridized carbons (Fsp3) is 0.577. The minimum absolute atomic E-state index is 0.0258. The minimum atomic E-state index is -4.32. The molecular weight excluding hydrogens is 415 g/mol. The Kier molecular flexibility index (Phi) is 7.73. The summed E-state index contributed by atoms with van der Waals surface area (Å²) in [5.41, 5.74) is 1.76. The van der Waals surface area contributed by atoms with E-state index in [1.165, 1.54) is 17.7 Å². The van der Waals surface area contributed by atoms with E-state index in [0.717, 1.165) is 25.1 Å². The van der Waals surface area contributed by atoms with Crippen LogP contribution in [0.5, 0.6) is 0 Å². The lowest BCUT2D eigenvalue weighted by Gasteiger charge is -2.45. The molecule has 0 N–H and O–H groups in total. The molecule has 1 aromatic rings. The number of carbonyl (C=O) groups is 1. The average molecular weight is 450 g/mol. The van der Waals surface area contributed by atoms with Crippen molar-refractivity contribution in [2.45, 2.75) is 65.1 Å². The first-order chi connectivity index (χ1) is 15.1. The number of hydrogen-bond acceptors (Lipinski definition) is 3. The maximum Gasteiger partial charge on any atom is 0.416 e. The third kappa shape index (κ3) is 5.57. The molecule has 0 aromatic heterocycles. The Labute approximate surface area is 189 Å². The van der Waals surface area contributed by atoms with Gasteiger partial charge in [0, 0.05) is 24.2 Å². The monoisotopic (exact) mass is 449 g/mol. The minimum Gasteiger partial charge on any atom is -0.466 e. The van der Waals surface area contributed by atoms with Crippen molar-refractivity contribution in [1.82, 2.24) is 0 Å². The molecule has 3 nitrogen and oxygen atoms in total.